The van der Waals surface area contributed by atoms with Crippen LogP contribution < -0.4 is 4.90 Å². The van der Waals surface area contributed by atoms with Crippen molar-refractivity contribution < 1.29 is 17.6 Å². The topological polar surface area (TPSA) is 46.8 Å². The molecule has 1 fully saturated rings. The number of anilines is 1. The number of halogens is 5. The molecule has 0 bridgehead atoms. The fourth-order valence-corrected chi connectivity index (χ4v) is 3.52. The van der Waals surface area contributed by atoms with Crippen LogP contribution >= 0.6 is 11.6 Å². The molecule has 10 heteroatoms. The Morgan fingerprint density at radius 2 is 1.67 bits per heavy atom. The van der Waals surface area contributed by atoms with Crippen molar-refractivity contribution in [2.45, 2.75) is 44.6 Å². The average Bonchev–Trinajstić information content (AvgIpc) is 3.13. The zero-order valence-corrected chi connectivity index (χ0v) is 17.4. The number of benzene rings is 1. The van der Waals surface area contributed by atoms with Gasteiger partial charge in [0.25, 0.3) is 0 Å². The summed E-state index contributed by atoms with van der Waals surface area (Å²) >= 11 is 6.25. The molecule has 1 aliphatic rings. The van der Waals surface area contributed by atoms with Crippen LogP contribution in [0.1, 0.15) is 32.2 Å². The lowest BCUT2D eigenvalue weighted by Gasteiger charge is -2.22. The molecule has 0 N–H and O–H groups in total. The van der Waals surface area contributed by atoms with Crippen molar-refractivity contribution in [1.29, 1.82) is 0 Å². The smallest absolute Gasteiger partial charge is 0.329 e. The van der Waals surface area contributed by atoms with E-state index < -0.39 is 30.3 Å². The van der Waals surface area contributed by atoms with E-state index in [1.165, 1.54) is 6.33 Å². The zero-order chi connectivity index (χ0) is 21.9. The van der Waals surface area contributed by atoms with Crippen LogP contribution in [0, 0.1) is 0 Å². The Hall–Kier alpha value is -2.42. The summed E-state index contributed by atoms with van der Waals surface area (Å²) in [5, 5.41) is 0.559. The van der Waals surface area contributed by atoms with Gasteiger partial charge in [0, 0.05) is 10.4 Å². The van der Waals surface area contributed by atoms with Gasteiger partial charge in [-0.25, -0.2) is 15.0 Å². The van der Waals surface area contributed by atoms with Gasteiger partial charge in [0.05, 0.1) is 26.0 Å². The number of imidazole rings is 1. The summed E-state index contributed by atoms with van der Waals surface area (Å²) in [7, 11) is 0. The van der Waals surface area contributed by atoms with Crippen molar-refractivity contribution in [3.05, 3.63) is 47.0 Å². The highest BCUT2D eigenvalue weighted by molar-refractivity contribution is 6.31. The Labute approximate surface area is 175 Å². The van der Waals surface area contributed by atoms with E-state index in [1.54, 1.807) is 10.6 Å². The van der Waals surface area contributed by atoms with Crippen LogP contribution in [0.25, 0.3) is 11.2 Å². The van der Waals surface area contributed by atoms with E-state index in [0.717, 1.165) is 10.5 Å². The summed E-state index contributed by atoms with van der Waals surface area (Å²) in [5.41, 5.74) is 0.856. The maximum Gasteiger partial charge on any atom is 0.329 e. The third-order valence-electron chi connectivity index (χ3n) is 5.03. The molecule has 2 aromatic heterocycles. The van der Waals surface area contributed by atoms with E-state index in [0.29, 0.717) is 23.0 Å². The molecule has 0 unspecified atom stereocenters. The highest BCUT2D eigenvalue weighted by atomic mass is 35.5. The first-order valence-electron chi connectivity index (χ1n) is 9.36. The number of aromatic nitrogens is 4. The van der Waals surface area contributed by atoms with Gasteiger partial charge < -0.3 is 9.47 Å². The molecule has 0 radical (unpaired) electrons. The predicted molar refractivity (Wildman–Crippen MR) is 107 cm³/mol. The third kappa shape index (κ3) is 3.49. The number of fused-ring (bicyclic) bond motifs is 1. The second-order valence-corrected chi connectivity index (χ2v) is 8.93. The summed E-state index contributed by atoms with van der Waals surface area (Å²) in [5.74, 6) is -7.96. The molecule has 1 saturated heterocycles. The molecule has 160 valence electrons. The van der Waals surface area contributed by atoms with Gasteiger partial charge in [-0.05, 0) is 11.6 Å². The number of nitrogens with zero attached hydrogens (tertiary/aromatic N) is 5. The fraction of sp³-hybridized carbons (Fsp3) is 0.450. The lowest BCUT2D eigenvalue weighted by molar-refractivity contribution is -0.172. The van der Waals surface area contributed by atoms with Crippen molar-refractivity contribution in [3.63, 3.8) is 0 Å². The van der Waals surface area contributed by atoms with Crippen LogP contribution in [-0.2, 0) is 12.0 Å². The monoisotopic (exact) mass is 441 g/mol. The van der Waals surface area contributed by atoms with Gasteiger partial charge in [-0.2, -0.15) is 17.6 Å². The highest BCUT2D eigenvalue weighted by Crippen LogP contribution is 2.43. The summed E-state index contributed by atoms with van der Waals surface area (Å²) in [6.07, 6.45) is 1.49. The summed E-state index contributed by atoms with van der Waals surface area (Å²) < 4.78 is 57.1. The largest absolute Gasteiger partial charge is 0.342 e. The lowest BCUT2D eigenvalue weighted by atomic mass is 9.96. The van der Waals surface area contributed by atoms with E-state index in [9.17, 15) is 17.6 Å². The maximum absolute atomic E-state index is 13.9. The second kappa shape index (κ2) is 6.80. The van der Waals surface area contributed by atoms with E-state index in [1.807, 2.05) is 39.0 Å². The van der Waals surface area contributed by atoms with Gasteiger partial charge >= 0.3 is 11.8 Å². The SMILES string of the molecule is CC(C)(C)c1nc(N2CC(F)(F)C(F)(F)C2)c2ncn(Cc3ccccc3Cl)c2n1. The van der Waals surface area contributed by atoms with Crippen molar-refractivity contribution in [3.8, 4) is 0 Å². The quantitative estimate of drug-likeness (QED) is 0.541. The minimum Gasteiger partial charge on any atom is -0.342 e. The first-order valence-corrected chi connectivity index (χ1v) is 9.74. The zero-order valence-electron chi connectivity index (χ0n) is 16.6. The van der Waals surface area contributed by atoms with Crippen LogP contribution in [0.5, 0.6) is 0 Å². The Morgan fingerprint density at radius 1 is 1.03 bits per heavy atom. The standard InChI is InChI=1S/C20H20ClF4N5/c1-18(2,3)17-27-15-14(16(28-17)30-9-19(22,23)20(24,25)10-30)26-11-29(15)8-12-6-4-5-7-13(12)21/h4-7,11H,8-10H2,1-3H3. The molecule has 0 spiro atoms. The second-order valence-electron chi connectivity index (χ2n) is 8.52. The molecule has 1 aromatic carbocycles. The van der Waals surface area contributed by atoms with Crippen LogP contribution in [0.3, 0.4) is 0 Å². The number of alkyl halides is 4. The Morgan fingerprint density at radius 3 is 2.27 bits per heavy atom. The van der Waals surface area contributed by atoms with Crippen LogP contribution in [0.4, 0.5) is 23.4 Å². The first-order chi connectivity index (χ1) is 13.9. The molecule has 0 saturated carbocycles. The fourth-order valence-electron chi connectivity index (χ4n) is 3.33. The lowest BCUT2D eigenvalue weighted by Crippen LogP contribution is -2.38. The minimum atomic E-state index is -4.15. The Balaban J connectivity index is 1.85. The van der Waals surface area contributed by atoms with E-state index in [4.69, 9.17) is 11.6 Å². The van der Waals surface area contributed by atoms with E-state index in [2.05, 4.69) is 15.0 Å². The molecule has 0 atom stereocenters. The van der Waals surface area contributed by atoms with Crippen molar-refractivity contribution in [2.24, 2.45) is 0 Å². The van der Waals surface area contributed by atoms with E-state index in [-0.39, 0.29) is 11.3 Å². The molecule has 3 heterocycles. The van der Waals surface area contributed by atoms with Gasteiger partial charge in [0.15, 0.2) is 17.0 Å². The van der Waals surface area contributed by atoms with Gasteiger partial charge in [0.2, 0.25) is 0 Å². The van der Waals surface area contributed by atoms with Crippen LogP contribution in [0.15, 0.2) is 30.6 Å². The normalized spacial score (nSPS) is 18.3. The first kappa shape index (κ1) is 20.8. The van der Waals surface area contributed by atoms with Gasteiger partial charge in [-0.3, -0.25) is 0 Å². The summed E-state index contributed by atoms with van der Waals surface area (Å²) in [6, 6.07) is 7.26. The molecule has 0 amide bonds. The summed E-state index contributed by atoms with van der Waals surface area (Å²) in [6.45, 7) is 3.66. The minimum absolute atomic E-state index is 0.0142. The van der Waals surface area contributed by atoms with Gasteiger partial charge in [-0.1, -0.05) is 50.6 Å². The number of hydrogen-bond acceptors (Lipinski definition) is 4. The molecule has 30 heavy (non-hydrogen) atoms. The van der Waals surface area contributed by atoms with Crippen LogP contribution in [-0.4, -0.2) is 44.5 Å². The highest BCUT2D eigenvalue weighted by Gasteiger charge is 2.63. The molecule has 5 nitrogen and oxygen atoms in total. The Bertz CT molecular complexity index is 1090. The summed E-state index contributed by atoms with van der Waals surface area (Å²) in [4.78, 5) is 14.1. The van der Waals surface area contributed by atoms with E-state index >= 15 is 0 Å². The molecule has 1 aliphatic heterocycles. The maximum atomic E-state index is 13.9. The number of hydrogen-bond donors (Lipinski definition) is 0. The third-order valence-corrected chi connectivity index (χ3v) is 5.40. The number of rotatable bonds is 3. The van der Waals surface area contributed by atoms with Crippen LogP contribution in [0.2, 0.25) is 5.02 Å². The Kier molecular flexibility index (Phi) is 4.72. The molecule has 4 rings (SSSR count). The molecule has 0 aliphatic carbocycles. The molecular formula is C20H20ClF4N5. The van der Waals surface area contributed by atoms with Gasteiger partial charge in [-0.15, -0.1) is 0 Å². The van der Waals surface area contributed by atoms with Crippen molar-refractivity contribution >= 4 is 28.6 Å². The average molecular weight is 442 g/mol. The van der Waals surface area contributed by atoms with Crippen molar-refractivity contribution in [1.82, 2.24) is 19.5 Å². The van der Waals surface area contributed by atoms with Gasteiger partial charge in [0.1, 0.15) is 5.82 Å². The molecule has 3 aromatic rings. The van der Waals surface area contributed by atoms with Crippen molar-refractivity contribution in [2.75, 3.05) is 18.0 Å². The molecular weight excluding hydrogens is 422 g/mol. The predicted octanol–water partition coefficient (Wildman–Crippen LogP) is 4.92.